The molecule has 1 aromatic carbocycles. The van der Waals surface area contributed by atoms with Gasteiger partial charge in [-0.25, -0.2) is 4.79 Å². The third kappa shape index (κ3) is 6.42. The van der Waals surface area contributed by atoms with Crippen LogP contribution in [0.5, 0.6) is 0 Å². The topological polar surface area (TPSA) is 102 Å². The van der Waals surface area contributed by atoms with Crippen molar-refractivity contribution in [2.24, 2.45) is 11.7 Å². The molecule has 0 heterocycles. The number of rotatable bonds is 8. The summed E-state index contributed by atoms with van der Waals surface area (Å²) in [5.41, 5.74) is 6.88. The van der Waals surface area contributed by atoms with E-state index in [2.05, 4.69) is 5.32 Å². The minimum absolute atomic E-state index is 0.142. The fourth-order valence-electron chi connectivity index (χ4n) is 3.34. The number of ether oxygens (including phenoxy) is 1. The van der Waals surface area contributed by atoms with E-state index >= 15 is 0 Å². The molecule has 1 amide bonds. The quantitative estimate of drug-likeness (QED) is 0.613. The van der Waals surface area contributed by atoms with Crippen molar-refractivity contribution in [3.05, 3.63) is 35.9 Å². The van der Waals surface area contributed by atoms with E-state index in [-0.39, 0.29) is 6.61 Å². The van der Waals surface area contributed by atoms with Crippen molar-refractivity contribution in [3.63, 3.8) is 0 Å². The maximum atomic E-state index is 12.2. The molecule has 2 rings (SSSR count). The Hall–Kier alpha value is -1.92. The van der Waals surface area contributed by atoms with Crippen LogP contribution in [0.1, 0.15) is 51.0 Å². The smallest absolute Gasteiger partial charge is 0.328 e. The molecule has 6 heteroatoms. The van der Waals surface area contributed by atoms with Crippen molar-refractivity contribution in [2.75, 3.05) is 0 Å². The van der Waals surface area contributed by atoms with Gasteiger partial charge in [0.2, 0.25) is 0 Å². The minimum atomic E-state index is -1.32. The van der Waals surface area contributed by atoms with Gasteiger partial charge < -0.3 is 20.9 Å². The molecule has 0 spiro atoms. The van der Waals surface area contributed by atoms with E-state index in [1.165, 1.54) is 26.2 Å². The van der Waals surface area contributed by atoms with Crippen molar-refractivity contribution in [1.29, 1.82) is 0 Å². The Morgan fingerprint density at radius 3 is 2.54 bits per heavy atom. The number of esters is 1. The molecule has 1 fully saturated rings. The summed E-state index contributed by atoms with van der Waals surface area (Å²) in [5.74, 6) is -0.706. The van der Waals surface area contributed by atoms with E-state index in [0.29, 0.717) is 12.3 Å². The van der Waals surface area contributed by atoms with Crippen LogP contribution in [0.25, 0.3) is 0 Å². The zero-order valence-electron chi connectivity index (χ0n) is 15.4. The normalized spacial score (nSPS) is 18.6. The summed E-state index contributed by atoms with van der Waals surface area (Å²) in [6.07, 6.45) is 5.13. The maximum absolute atomic E-state index is 12.2. The summed E-state index contributed by atoms with van der Waals surface area (Å²) in [4.78, 5) is 24.2. The van der Waals surface area contributed by atoms with Crippen molar-refractivity contribution >= 4 is 11.9 Å². The van der Waals surface area contributed by atoms with E-state index in [1.54, 1.807) is 0 Å². The average Bonchev–Trinajstić information content (AvgIpc) is 2.66. The minimum Gasteiger partial charge on any atom is -0.459 e. The van der Waals surface area contributed by atoms with Crippen LogP contribution in [0.2, 0.25) is 0 Å². The van der Waals surface area contributed by atoms with Gasteiger partial charge in [-0.1, -0.05) is 62.4 Å². The number of hydrogen-bond acceptors (Lipinski definition) is 5. The van der Waals surface area contributed by atoms with Crippen LogP contribution >= 0.6 is 0 Å². The summed E-state index contributed by atoms with van der Waals surface area (Å²) in [6, 6.07) is 7.84. The van der Waals surface area contributed by atoms with Crippen LogP contribution < -0.4 is 11.1 Å². The fourth-order valence-corrected chi connectivity index (χ4v) is 3.34. The number of nitrogens with one attached hydrogen (secondary N) is 1. The first-order valence-electron chi connectivity index (χ1n) is 9.42. The highest BCUT2D eigenvalue weighted by atomic mass is 16.5. The zero-order chi connectivity index (χ0) is 18.9. The molecule has 0 aliphatic heterocycles. The molecule has 144 valence electrons. The second-order valence-electron chi connectivity index (χ2n) is 7.17. The lowest BCUT2D eigenvalue weighted by Crippen LogP contribution is -2.51. The summed E-state index contributed by atoms with van der Waals surface area (Å²) >= 11 is 0. The van der Waals surface area contributed by atoms with Crippen molar-refractivity contribution < 1.29 is 19.4 Å². The molecule has 0 aromatic heterocycles. The van der Waals surface area contributed by atoms with Crippen LogP contribution in [-0.2, 0) is 20.9 Å². The number of carbonyl (C=O) groups excluding carboxylic acids is 2. The van der Waals surface area contributed by atoms with Crippen molar-refractivity contribution in [2.45, 2.75) is 70.2 Å². The van der Waals surface area contributed by atoms with Gasteiger partial charge in [-0.2, -0.15) is 0 Å². The van der Waals surface area contributed by atoms with E-state index in [0.717, 1.165) is 18.4 Å². The molecule has 4 N–H and O–H groups in total. The molecule has 1 aromatic rings. The Balaban J connectivity index is 1.74. The van der Waals surface area contributed by atoms with Crippen LogP contribution in [0.15, 0.2) is 30.3 Å². The lowest BCUT2D eigenvalue weighted by Gasteiger charge is -2.27. The molecule has 0 saturated heterocycles. The van der Waals surface area contributed by atoms with Crippen molar-refractivity contribution in [3.8, 4) is 0 Å². The summed E-state index contributed by atoms with van der Waals surface area (Å²) in [6.45, 7) is 1.67. The van der Waals surface area contributed by atoms with Gasteiger partial charge in [0.05, 0.1) is 0 Å². The Labute approximate surface area is 155 Å². The predicted octanol–water partition coefficient (Wildman–Crippen LogP) is 1.89. The number of aliphatic hydroxyl groups excluding tert-OH is 1. The average molecular weight is 362 g/mol. The summed E-state index contributed by atoms with van der Waals surface area (Å²) in [7, 11) is 0. The molecule has 3 atom stereocenters. The summed E-state index contributed by atoms with van der Waals surface area (Å²) < 4.78 is 5.19. The molecule has 1 saturated carbocycles. The largest absolute Gasteiger partial charge is 0.459 e. The molecule has 1 aliphatic carbocycles. The number of amides is 1. The monoisotopic (exact) mass is 362 g/mol. The Morgan fingerprint density at radius 1 is 1.23 bits per heavy atom. The number of carbonyl (C=O) groups is 2. The van der Waals surface area contributed by atoms with Crippen LogP contribution in [0.4, 0.5) is 0 Å². The highest BCUT2D eigenvalue weighted by Crippen LogP contribution is 2.27. The molecule has 1 unspecified atom stereocenters. The van der Waals surface area contributed by atoms with Crippen LogP contribution in [0, 0.1) is 5.92 Å². The van der Waals surface area contributed by atoms with Gasteiger partial charge in [0.25, 0.3) is 5.91 Å². The highest BCUT2D eigenvalue weighted by molar-refractivity contribution is 5.87. The standard InChI is InChI=1S/C20H30N2O4/c1-14(20(25)26-13-16-10-6-3-7-11-16)22-19(24)18(23)17(21)12-15-8-4-2-5-9-15/h3,6-7,10-11,14-15,17-18,23H,2,4-5,8-9,12-13,21H2,1H3,(H,22,24)/t14-,17+,18?/m0/s1. The molecular weight excluding hydrogens is 332 g/mol. The molecule has 0 bridgehead atoms. The second kappa shape index (κ2) is 10.3. The number of nitrogens with two attached hydrogens (primary N) is 1. The number of aliphatic hydroxyl groups is 1. The van der Waals surface area contributed by atoms with E-state index in [9.17, 15) is 14.7 Å². The Morgan fingerprint density at radius 2 is 1.88 bits per heavy atom. The fraction of sp³-hybridized carbons (Fsp3) is 0.600. The predicted molar refractivity (Wildman–Crippen MR) is 99.0 cm³/mol. The number of hydrogen-bond donors (Lipinski definition) is 3. The van der Waals surface area contributed by atoms with Gasteiger partial charge in [-0.3, -0.25) is 4.79 Å². The third-order valence-electron chi connectivity index (χ3n) is 4.94. The first-order chi connectivity index (χ1) is 12.5. The van der Waals surface area contributed by atoms with E-state index in [1.807, 2.05) is 30.3 Å². The van der Waals surface area contributed by atoms with Crippen LogP contribution in [0.3, 0.4) is 0 Å². The number of benzene rings is 1. The van der Waals surface area contributed by atoms with Gasteiger partial charge in [-0.15, -0.1) is 0 Å². The maximum Gasteiger partial charge on any atom is 0.328 e. The van der Waals surface area contributed by atoms with Gasteiger partial charge in [0.15, 0.2) is 0 Å². The Kier molecular flexibility index (Phi) is 8.06. The van der Waals surface area contributed by atoms with Gasteiger partial charge in [0.1, 0.15) is 18.8 Å². The van der Waals surface area contributed by atoms with Crippen molar-refractivity contribution in [1.82, 2.24) is 5.32 Å². The molecule has 1 aliphatic rings. The van der Waals surface area contributed by atoms with Crippen LogP contribution in [-0.4, -0.2) is 35.2 Å². The van der Waals surface area contributed by atoms with Gasteiger partial charge in [-0.05, 0) is 24.8 Å². The van der Waals surface area contributed by atoms with Gasteiger partial charge >= 0.3 is 5.97 Å². The molecule has 0 radical (unpaired) electrons. The first-order valence-corrected chi connectivity index (χ1v) is 9.42. The zero-order valence-corrected chi connectivity index (χ0v) is 15.4. The molecular formula is C20H30N2O4. The lowest BCUT2D eigenvalue weighted by atomic mass is 9.84. The highest BCUT2D eigenvalue weighted by Gasteiger charge is 2.28. The van der Waals surface area contributed by atoms with E-state index in [4.69, 9.17) is 10.5 Å². The SMILES string of the molecule is C[C@H](NC(=O)C(O)[C@H](N)CC1CCCCC1)C(=O)OCc1ccccc1. The molecule has 26 heavy (non-hydrogen) atoms. The molecule has 6 nitrogen and oxygen atoms in total. The second-order valence-corrected chi connectivity index (χ2v) is 7.17. The first kappa shape index (κ1) is 20.4. The van der Waals surface area contributed by atoms with Gasteiger partial charge in [0, 0.05) is 6.04 Å². The third-order valence-corrected chi connectivity index (χ3v) is 4.94. The lowest BCUT2D eigenvalue weighted by molar-refractivity contribution is -0.149. The van der Waals surface area contributed by atoms with E-state index < -0.39 is 30.1 Å². The summed E-state index contributed by atoms with van der Waals surface area (Å²) in [5, 5.41) is 12.7. The Bertz CT molecular complexity index is 572.